The monoisotopic (exact) mass is 369 g/mol. The second kappa shape index (κ2) is 8.42. The molecule has 2 aromatic carbocycles. The zero-order valence-corrected chi connectivity index (χ0v) is 16.2. The van der Waals surface area contributed by atoms with Gasteiger partial charge in [0.05, 0.1) is 0 Å². The summed E-state index contributed by atoms with van der Waals surface area (Å²) in [6.07, 6.45) is 2.29. The average Bonchev–Trinajstić information content (AvgIpc) is 2.66. The van der Waals surface area contributed by atoms with Crippen molar-refractivity contribution >= 4 is 22.6 Å². The van der Waals surface area contributed by atoms with E-state index in [4.69, 9.17) is 9.47 Å². The van der Waals surface area contributed by atoms with E-state index in [-0.39, 0.29) is 24.6 Å². The molecular formula is C22H27NO4. The molecule has 5 nitrogen and oxygen atoms in total. The van der Waals surface area contributed by atoms with Crippen molar-refractivity contribution in [3.8, 4) is 5.75 Å². The number of piperidine rings is 1. The standard InChI is InChI=1S/C22H27NO4/c1-15-8-6-9-16(2)23(15)22(25)17(3)27-21(24)14-26-20-13-7-11-18-10-4-5-12-19(18)20/h4-5,7,10-13,15-17H,6,8-9,14H2,1-3H3/t15-,16-,17+/m0/s1. The first-order valence-corrected chi connectivity index (χ1v) is 9.59. The molecule has 1 aliphatic heterocycles. The maximum atomic E-state index is 12.7. The largest absolute Gasteiger partial charge is 0.481 e. The Morgan fingerprint density at radius 1 is 1.07 bits per heavy atom. The van der Waals surface area contributed by atoms with Gasteiger partial charge in [0.1, 0.15) is 5.75 Å². The van der Waals surface area contributed by atoms with E-state index in [2.05, 4.69) is 0 Å². The molecule has 0 unspecified atom stereocenters. The van der Waals surface area contributed by atoms with Gasteiger partial charge in [-0.15, -0.1) is 0 Å². The summed E-state index contributed by atoms with van der Waals surface area (Å²) in [5, 5.41) is 1.98. The number of nitrogens with zero attached hydrogens (tertiary/aromatic N) is 1. The molecule has 0 bridgehead atoms. The van der Waals surface area contributed by atoms with Gasteiger partial charge in [-0.1, -0.05) is 36.4 Å². The van der Waals surface area contributed by atoms with Crippen LogP contribution >= 0.6 is 0 Å². The summed E-state index contributed by atoms with van der Waals surface area (Å²) in [4.78, 5) is 26.8. The first kappa shape index (κ1) is 19.2. The fourth-order valence-corrected chi connectivity index (χ4v) is 3.81. The molecule has 3 atom stereocenters. The van der Waals surface area contributed by atoms with Crippen LogP contribution in [0.5, 0.6) is 5.75 Å². The molecule has 1 fully saturated rings. The molecule has 0 radical (unpaired) electrons. The van der Waals surface area contributed by atoms with Gasteiger partial charge in [-0.2, -0.15) is 0 Å². The lowest BCUT2D eigenvalue weighted by molar-refractivity contribution is -0.163. The molecule has 3 rings (SSSR count). The lowest BCUT2D eigenvalue weighted by Gasteiger charge is -2.40. The van der Waals surface area contributed by atoms with Crippen LogP contribution in [0.2, 0.25) is 0 Å². The highest BCUT2D eigenvalue weighted by molar-refractivity contribution is 5.88. The van der Waals surface area contributed by atoms with Crippen molar-refractivity contribution in [2.24, 2.45) is 0 Å². The highest BCUT2D eigenvalue weighted by Crippen LogP contribution is 2.26. The van der Waals surface area contributed by atoms with E-state index >= 15 is 0 Å². The SMILES string of the molecule is C[C@@H](OC(=O)COc1cccc2ccccc12)C(=O)N1[C@@H](C)CCC[C@@H]1C. The van der Waals surface area contributed by atoms with Crippen LogP contribution in [0.15, 0.2) is 42.5 Å². The number of esters is 1. The molecule has 0 spiro atoms. The molecule has 144 valence electrons. The molecule has 1 amide bonds. The Hall–Kier alpha value is -2.56. The maximum absolute atomic E-state index is 12.7. The molecule has 1 aliphatic rings. The number of benzene rings is 2. The Kier molecular flexibility index (Phi) is 5.99. The molecule has 0 aromatic heterocycles. The number of hydrogen-bond donors (Lipinski definition) is 0. The fraction of sp³-hybridized carbons (Fsp3) is 0.455. The van der Waals surface area contributed by atoms with Gasteiger partial charge in [0.2, 0.25) is 0 Å². The third kappa shape index (κ3) is 4.41. The average molecular weight is 369 g/mol. The van der Waals surface area contributed by atoms with E-state index in [9.17, 15) is 9.59 Å². The minimum atomic E-state index is -0.809. The van der Waals surface area contributed by atoms with Gasteiger partial charge in [0.15, 0.2) is 12.7 Å². The number of hydrogen-bond acceptors (Lipinski definition) is 4. The topological polar surface area (TPSA) is 55.8 Å². The highest BCUT2D eigenvalue weighted by atomic mass is 16.6. The van der Waals surface area contributed by atoms with Gasteiger partial charge < -0.3 is 14.4 Å². The van der Waals surface area contributed by atoms with E-state index in [1.807, 2.05) is 61.2 Å². The van der Waals surface area contributed by atoms with Crippen molar-refractivity contribution in [1.82, 2.24) is 4.90 Å². The van der Waals surface area contributed by atoms with Gasteiger partial charge >= 0.3 is 5.97 Å². The minimum absolute atomic E-state index is 0.131. The first-order chi connectivity index (χ1) is 13.0. The van der Waals surface area contributed by atoms with Crippen LogP contribution in [0.3, 0.4) is 0 Å². The van der Waals surface area contributed by atoms with E-state index in [0.717, 1.165) is 30.0 Å². The van der Waals surface area contributed by atoms with Gasteiger partial charge in [-0.25, -0.2) is 4.79 Å². The van der Waals surface area contributed by atoms with Gasteiger partial charge in [-0.3, -0.25) is 4.79 Å². The number of rotatable bonds is 5. The van der Waals surface area contributed by atoms with E-state index in [1.54, 1.807) is 6.92 Å². The molecular weight excluding hydrogens is 342 g/mol. The Morgan fingerprint density at radius 3 is 2.48 bits per heavy atom. The Morgan fingerprint density at radius 2 is 1.74 bits per heavy atom. The number of carbonyl (C=O) groups is 2. The summed E-state index contributed by atoms with van der Waals surface area (Å²) < 4.78 is 11.0. The third-order valence-corrected chi connectivity index (χ3v) is 5.20. The molecule has 27 heavy (non-hydrogen) atoms. The summed E-state index contributed by atoms with van der Waals surface area (Å²) in [7, 11) is 0. The molecule has 0 aliphatic carbocycles. The number of ether oxygens (including phenoxy) is 2. The number of fused-ring (bicyclic) bond motifs is 1. The summed E-state index contributed by atoms with van der Waals surface area (Å²) >= 11 is 0. The summed E-state index contributed by atoms with van der Waals surface area (Å²) in [6, 6.07) is 13.9. The Labute approximate surface area is 160 Å². The fourth-order valence-electron chi connectivity index (χ4n) is 3.81. The summed E-state index contributed by atoms with van der Waals surface area (Å²) in [5.41, 5.74) is 0. The molecule has 5 heteroatoms. The van der Waals surface area contributed by atoms with Crippen molar-refractivity contribution in [2.75, 3.05) is 6.61 Å². The zero-order chi connectivity index (χ0) is 19.4. The highest BCUT2D eigenvalue weighted by Gasteiger charge is 2.33. The van der Waals surface area contributed by atoms with Crippen molar-refractivity contribution < 1.29 is 19.1 Å². The molecule has 1 saturated heterocycles. The van der Waals surface area contributed by atoms with Gasteiger partial charge in [0, 0.05) is 17.5 Å². The van der Waals surface area contributed by atoms with Crippen molar-refractivity contribution in [1.29, 1.82) is 0 Å². The zero-order valence-electron chi connectivity index (χ0n) is 16.2. The summed E-state index contributed by atoms with van der Waals surface area (Å²) in [6.45, 7) is 5.50. The maximum Gasteiger partial charge on any atom is 0.344 e. The van der Waals surface area contributed by atoms with Crippen LogP contribution < -0.4 is 4.74 Å². The lowest BCUT2D eigenvalue weighted by Crippen LogP contribution is -2.51. The smallest absolute Gasteiger partial charge is 0.344 e. The van der Waals surface area contributed by atoms with Crippen LogP contribution in [-0.4, -0.2) is 41.6 Å². The second-order valence-corrected chi connectivity index (χ2v) is 7.27. The molecule has 0 N–H and O–H groups in total. The number of likely N-dealkylation sites (tertiary alicyclic amines) is 1. The van der Waals surface area contributed by atoms with Crippen molar-refractivity contribution in [3.63, 3.8) is 0 Å². The minimum Gasteiger partial charge on any atom is -0.481 e. The van der Waals surface area contributed by atoms with E-state index < -0.39 is 12.1 Å². The van der Waals surface area contributed by atoms with Crippen molar-refractivity contribution in [2.45, 2.75) is 58.2 Å². The van der Waals surface area contributed by atoms with Gasteiger partial charge in [0.25, 0.3) is 5.91 Å². The Bertz CT molecular complexity index is 804. The van der Waals surface area contributed by atoms with Crippen LogP contribution in [0.4, 0.5) is 0 Å². The Balaban J connectivity index is 1.57. The quantitative estimate of drug-likeness (QED) is 0.749. The normalized spacial score (nSPS) is 20.9. The van der Waals surface area contributed by atoms with Crippen LogP contribution in [-0.2, 0) is 14.3 Å². The molecule has 1 heterocycles. The molecule has 2 aromatic rings. The number of amides is 1. The first-order valence-electron chi connectivity index (χ1n) is 9.59. The van der Waals surface area contributed by atoms with Gasteiger partial charge in [-0.05, 0) is 51.5 Å². The predicted octanol–water partition coefficient (Wildman–Crippen LogP) is 3.94. The summed E-state index contributed by atoms with van der Waals surface area (Å²) in [5.74, 6) is -0.0448. The van der Waals surface area contributed by atoms with Crippen LogP contribution in [0.1, 0.15) is 40.0 Å². The van der Waals surface area contributed by atoms with Crippen LogP contribution in [0.25, 0.3) is 10.8 Å². The van der Waals surface area contributed by atoms with E-state index in [0.29, 0.717) is 5.75 Å². The van der Waals surface area contributed by atoms with E-state index in [1.165, 1.54) is 0 Å². The third-order valence-electron chi connectivity index (χ3n) is 5.20. The second-order valence-electron chi connectivity index (χ2n) is 7.27. The molecule has 0 saturated carbocycles. The van der Waals surface area contributed by atoms with Crippen molar-refractivity contribution in [3.05, 3.63) is 42.5 Å². The lowest BCUT2D eigenvalue weighted by atomic mass is 9.97. The predicted molar refractivity (Wildman–Crippen MR) is 105 cm³/mol. The number of carbonyl (C=O) groups excluding carboxylic acids is 2. The van der Waals surface area contributed by atoms with Crippen LogP contribution in [0, 0.1) is 0 Å².